The molecule has 0 fully saturated rings. The van der Waals surface area contributed by atoms with Crippen LogP contribution in [0.4, 0.5) is 0 Å². The molecule has 6 heteroatoms. The van der Waals surface area contributed by atoms with Gasteiger partial charge in [0.05, 0.1) is 0 Å². The fraction of sp³-hybridized carbons (Fsp3) is 0.933. The predicted octanol–water partition coefficient (Wildman–Crippen LogP) is 2.83. The van der Waals surface area contributed by atoms with Crippen LogP contribution in [-0.4, -0.2) is 44.0 Å². The van der Waals surface area contributed by atoms with Gasteiger partial charge in [-0.1, -0.05) is 26.7 Å². The van der Waals surface area contributed by atoms with E-state index in [0.29, 0.717) is 6.42 Å². The van der Waals surface area contributed by atoms with Crippen LogP contribution in [0.15, 0.2) is 0 Å². The van der Waals surface area contributed by atoms with Crippen molar-refractivity contribution in [3.05, 3.63) is 0 Å². The SMILES string of the molecule is CC(NC(=O)CCCCCCN)C(C)(C)CN(C)C.Cl.Cl. The van der Waals surface area contributed by atoms with E-state index in [1.54, 1.807) is 0 Å². The second kappa shape index (κ2) is 13.6. The number of nitrogens with zero attached hydrogens (tertiary/aromatic N) is 1. The largest absolute Gasteiger partial charge is 0.353 e. The van der Waals surface area contributed by atoms with Gasteiger partial charge in [-0.15, -0.1) is 24.8 Å². The van der Waals surface area contributed by atoms with Gasteiger partial charge in [-0.05, 0) is 45.8 Å². The summed E-state index contributed by atoms with van der Waals surface area (Å²) in [7, 11) is 4.13. The normalized spacial score (nSPS) is 12.3. The second-order valence-corrected chi connectivity index (χ2v) is 6.47. The minimum atomic E-state index is 0. The molecule has 0 radical (unpaired) electrons. The van der Waals surface area contributed by atoms with E-state index >= 15 is 0 Å². The molecule has 0 spiro atoms. The van der Waals surface area contributed by atoms with Crippen LogP contribution in [-0.2, 0) is 4.79 Å². The number of hydrogen-bond acceptors (Lipinski definition) is 3. The van der Waals surface area contributed by atoms with Gasteiger partial charge in [0.1, 0.15) is 0 Å². The monoisotopic (exact) mass is 343 g/mol. The Hall–Kier alpha value is -0.0300. The molecule has 0 rings (SSSR count). The number of carbonyl (C=O) groups is 1. The van der Waals surface area contributed by atoms with E-state index < -0.39 is 0 Å². The van der Waals surface area contributed by atoms with Crippen molar-refractivity contribution in [1.29, 1.82) is 0 Å². The van der Waals surface area contributed by atoms with Crippen LogP contribution in [0.3, 0.4) is 0 Å². The summed E-state index contributed by atoms with van der Waals surface area (Å²) in [5.41, 5.74) is 5.52. The summed E-state index contributed by atoms with van der Waals surface area (Å²) in [6.07, 6.45) is 4.89. The molecule has 0 saturated heterocycles. The van der Waals surface area contributed by atoms with Crippen molar-refractivity contribution < 1.29 is 4.79 Å². The number of nitrogens with one attached hydrogen (secondary N) is 1. The van der Waals surface area contributed by atoms with Crippen LogP contribution in [0.1, 0.15) is 52.9 Å². The smallest absolute Gasteiger partial charge is 0.220 e. The van der Waals surface area contributed by atoms with Crippen LogP contribution < -0.4 is 11.1 Å². The zero-order valence-electron chi connectivity index (χ0n) is 14.3. The molecule has 1 unspecified atom stereocenters. The number of amides is 1. The molecule has 0 aromatic rings. The van der Waals surface area contributed by atoms with Gasteiger partial charge in [-0.3, -0.25) is 4.79 Å². The molecule has 0 heterocycles. The maximum Gasteiger partial charge on any atom is 0.220 e. The number of carbonyl (C=O) groups excluding carboxylic acids is 1. The fourth-order valence-electron chi connectivity index (χ4n) is 2.24. The molecule has 0 aliphatic carbocycles. The molecule has 0 aliphatic heterocycles. The Kier molecular flexibility index (Phi) is 16.8. The van der Waals surface area contributed by atoms with Crippen LogP contribution in [0.2, 0.25) is 0 Å². The number of halogens is 2. The van der Waals surface area contributed by atoms with E-state index in [-0.39, 0.29) is 42.2 Å². The van der Waals surface area contributed by atoms with Gasteiger partial charge < -0.3 is 16.0 Å². The first-order valence-electron chi connectivity index (χ1n) is 7.43. The van der Waals surface area contributed by atoms with E-state index in [1.165, 1.54) is 0 Å². The van der Waals surface area contributed by atoms with Crippen LogP contribution >= 0.6 is 24.8 Å². The molecule has 4 nitrogen and oxygen atoms in total. The zero-order valence-corrected chi connectivity index (χ0v) is 15.9. The highest BCUT2D eigenvalue weighted by atomic mass is 35.5. The molecule has 0 aromatic carbocycles. The first-order valence-corrected chi connectivity index (χ1v) is 7.43. The zero-order chi connectivity index (χ0) is 14.9. The van der Waals surface area contributed by atoms with E-state index in [2.05, 4.69) is 45.1 Å². The third-order valence-corrected chi connectivity index (χ3v) is 3.63. The molecular formula is C15H35Cl2N3O. The van der Waals surface area contributed by atoms with Crippen LogP contribution in [0, 0.1) is 5.41 Å². The maximum atomic E-state index is 11.9. The summed E-state index contributed by atoms with van der Waals surface area (Å²) in [6.45, 7) is 8.20. The summed E-state index contributed by atoms with van der Waals surface area (Å²) in [5, 5.41) is 3.13. The standard InChI is InChI=1S/C15H33N3O.2ClH/c1-13(15(2,3)12-18(4)5)17-14(19)10-8-6-7-9-11-16;;/h13H,6-12,16H2,1-5H3,(H,17,19);2*1H. The van der Waals surface area contributed by atoms with Gasteiger partial charge in [0.25, 0.3) is 0 Å². The van der Waals surface area contributed by atoms with Crippen LogP contribution in [0.5, 0.6) is 0 Å². The quantitative estimate of drug-likeness (QED) is 0.599. The molecule has 1 atom stereocenters. The molecule has 21 heavy (non-hydrogen) atoms. The molecule has 1 amide bonds. The van der Waals surface area contributed by atoms with E-state index in [1.807, 2.05) is 0 Å². The van der Waals surface area contributed by atoms with Gasteiger partial charge in [0.2, 0.25) is 5.91 Å². The molecule has 130 valence electrons. The number of hydrogen-bond donors (Lipinski definition) is 2. The maximum absolute atomic E-state index is 11.9. The minimum Gasteiger partial charge on any atom is -0.353 e. The van der Waals surface area contributed by atoms with Crippen molar-refractivity contribution in [1.82, 2.24) is 10.2 Å². The van der Waals surface area contributed by atoms with Gasteiger partial charge in [-0.25, -0.2) is 0 Å². The molecule has 3 N–H and O–H groups in total. The Morgan fingerprint density at radius 1 is 1.14 bits per heavy atom. The van der Waals surface area contributed by atoms with Crippen molar-refractivity contribution in [2.75, 3.05) is 27.2 Å². The lowest BCUT2D eigenvalue weighted by atomic mass is 9.85. The Morgan fingerprint density at radius 2 is 1.67 bits per heavy atom. The Labute approximate surface area is 143 Å². The molecular weight excluding hydrogens is 309 g/mol. The molecule has 0 aromatic heterocycles. The lowest BCUT2D eigenvalue weighted by molar-refractivity contribution is -0.122. The van der Waals surface area contributed by atoms with E-state index in [9.17, 15) is 4.79 Å². The predicted molar refractivity (Wildman–Crippen MR) is 96.6 cm³/mol. The van der Waals surface area contributed by atoms with Gasteiger partial charge in [0.15, 0.2) is 0 Å². The molecule has 0 saturated carbocycles. The third kappa shape index (κ3) is 13.4. The number of unbranched alkanes of at least 4 members (excludes halogenated alkanes) is 3. The Bertz CT molecular complexity index is 261. The fourth-order valence-corrected chi connectivity index (χ4v) is 2.24. The highest BCUT2D eigenvalue weighted by molar-refractivity contribution is 5.85. The van der Waals surface area contributed by atoms with Gasteiger partial charge >= 0.3 is 0 Å². The molecule has 0 bridgehead atoms. The Balaban J connectivity index is -0.00000162. The Morgan fingerprint density at radius 3 is 2.14 bits per heavy atom. The number of rotatable bonds is 10. The summed E-state index contributed by atoms with van der Waals surface area (Å²) < 4.78 is 0. The first kappa shape index (κ1) is 25.9. The number of nitrogens with two attached hydrogens (primary N) is 1. The summed E-state index contributed by atoms with van der Waals surface area (Å²) in [6, 6.07) is 0.187. The van der Waals surface area contributed by atoms with Gasteiger partial charge in [0, 0.05) is 19.0 Å². The lowest BCUT2D eigenvalue weighted by Gasteiger charge is -2.34. The van der Waals surface area contributed by atoms with E-state index in [0.717, 1.165) is 38.8 Å². The minimum absolute atomic E-state index is 0. The summed E-state index contributed by atoms with van der Waals surface area (Å²) >= 11 is 0. The third-order valence-electron chi connectivity index (χ3n) is 3.63. The average molecular weight is 344 g/mol. The van der Waals surface area contributed by atoms with Crippen molar-refractivity contribution in [3.63, 3.8) is 0 Å². The van der Waals surface area contributed by atoms with Crippen molar-refractivity contribution in [2.45, 2.75) is 58.9 Å². The highest BCUT2D eigenvalue weighted by Crippen LogP contribution is 2.21. The topological polar surface area (TPSA) is 58.4 Å². The van der Waals surface area contributed by atoms with Crippen molar-refractivity contribution in [2.24, 2.45) is 11.1 Å². The first-order chi connectivity index (χ1) is 8.79. The summed E-state index contributed by atoms with van der Waals surface area (Å²) in [4.78, 5) is 14.0. The lowest BCUT2D eigenvalue weighted by Crippen LogP contribution is -2.47. The van der Waals surface area contributed by atoms with Crippen LogP contribution in [0.25, 0.3) is 0 Å². The van der Waals surface area contributed by atoms with Crippen molar-refractivity contribution >= 4 is 30.7 Å². The highest BCUT2D eigenvalue weighted by Gasteiger charge is 2.27. The van der Waals surface area contributed by atoms with Gasteiger partial charge in [-0.2, -0.15) is 0 Å². The van der Waals surface area contributed by atoms with Crippen molar-refractivity contribution in [3.8, 4) is 0 Å². The second-order valence-electron chi connectivity index (χ2n) is 6.47. The average Bonchev–Trinajstić information content (AvgIpc) is 2.26. The van der Waals surface area contributed by atoms with E-state index in [4.69, 9.17) is 5.73 Å². The summed E-state index contributed by atoms with van der Waals surface area (Å²) in [5.74, 6) is 0.173. The molecule has 0 aliphatic rings.